The Morgan fingerprint density at radius 3 is 2.42 bits per heavy atom. The maximum atomic E-state index is 13.1. The summed E-state index contributed by atoms with van der Waals surface area (Å²) in [6.07, 6.45) is -1.96. The molecular weight excluding hydrogens is 433 g/mol. The van der Waals surface area contributed by atoms with E-state index < -0.39 is 22.6 Å². The van der Waals surface area contributed by atoms with Crippen molar-refractivity contribution in [1.29, 1.82) is 0 Å². The molecule has 7 nitrogen and oxygen atoms in total. The molecule has 0 aliphatic heterocycles. The van der Waals surface area contributed by atoms with Gasteiger partial charge in [-0.2, -0.15) is 13.2 Å². The molecule has 3 aromatic rings. The number of methoxy groups -OCH3 is 2. The van der Waals surface area contributed by atoms with E-state index in [1.165, 1.54) is 26.4 Å². The number of amides is 1. The van der Waals surface area contributed by atoms with Crippen molar-refractivity contribution < 1.29 is 27.4 Å². The molecule has 0 saturated carbocycles. The van der Waals surface area contributed by atoms with Crippen LogP contribution >= 0.6 is 11.3 Å². The second-order valence-corrected chi connectivity index (χ2v) is 8.54. The summed E-state index contributed by atoms with van der Waals surface area (Å²) in [7, 11) is 2.97. The van der Waals surface area contributed by atoms with E-state index in [4.69, 9.17) is 9.47 Å². The molecule has 1 amide bonds. The van der Waals surface area contributed by atoms with Crippen molar-refractivity contribution in [3.8, 4) is 22.8 Å². The Balaban J connectivity index is 2.14. The van der Waals surface area contributed by atoms with Gasteiger partial charge < -0.3 is 14.8 Å². The molecule has 0 bridgehead atoms. The van der Waals surface area contributed by atoms with E-state index in [1.54, 1.807) is 18.2 Å². The molecule has 0 atom stereocenters. The lowest BCUT2D eigenvalue weighted by Crippen LogP contribution is -2.39. The molecule has 166 valence electrons. The van der Waals surface area contributed by atoms with Crippen molar-refractivity contribution in [3.05, 3.63) is 35.0 Å². The van der Waals surface area contributed by atoms with Crippen LogP contribution < -0.4 is 14.8 Å². The zero-order valence-electron chi connectivity index (χ0n) is 17.5. The standard InChI is InChI=1S/C20H21F3N4O3S/c1-19(2,3)25-15(28)9-7-12-16(11-6-8-13(29-4)14(10-11)30-5)24-18-27(12)26-17(31-18)20(21,22)23/h6-10H,1-5H3,(H,25,28)/b9-7+. The summed E-state index contributed by atoms with van der Waals surface area (Å²) < 4.78 is 51.0. The minimum absolute atomic E-state index is 0.0491. The zero-order valence-corrected chi connectivity index (χ0v) is 18.3. The fourth-order valence-corrected chi connectivity index (χ4v) is 3.56. The Morgan fingerprint density at radius 1 is 1.16 bits per heavy atom. The lowest BCUT2D eigenvalue weighted by molar-refractivity contribution is -0.138. The molecule has 0 saturated heterocycles. The summed E-state index contributed by atoms with van der Waals surface area (Å²) in [5, 5.41) is 5.40. The minimum Gasteiger partial charge on any atom is -0.493 e. The third-order valence-electron chi connectivity index (χ3n) is 4.03. The molecule has 0 aliphatic carbocycles. The zero-order chi connectivity index (χ0) is 23.0. The topological polar surface area (TPSA) is 77.8 Å². The molecule has 0 fully saturated rings. The van der Waals surface area contributed by atoms with E-state index in [2.05, 4.69) is 15.4 Å². The second kappa shape index (κ2) is 8.22. The molecule has 0 radical (unpaired) electrons. The van der Waals surface area contributed by atoms with E-state index in [0.717, 1.165) is 4.52 Å². The van der Waals surface area contributed by atoms with Crippen LogP contribution in [0, 0.1) is 0 Å². The van der Waals surface area contributed by atoms with Crippen LogP contribution in [0.25, 0.3) is 22.3 Å². The van der Waals surface area contributed by atoms with Gasteiger partial charge in [0.1, 0.15) is 0 Å². The van der Waals surface area contributed by atoms with E-state index >= 15 is 0 Å². The summed E-state index contributed by atoms with van der Waals surface area (Å²) in [4.78, 5) is 16.6. The van der Waals surface area contributed by atoms with Gasteiger partial charge in [0, 0.05) is 17.2 Å². The highest BCUT2D eigenvalue weighted by Crippen LogP contribution is 2.37. The predicted molar refractivity (Wildman–Crippen MR) is 111 cm³/mol. The number of imidazole rings is 1. The number of benzene rings is 1. The monoisotopic (exact) mass is 454 g/mol. The van der Waals surface area contributed by atoms with E-state index in [1.807, 2.05) is 20.8 Å². The largest absolute Gasteiger partial charge is 0.493 e. The number of fused-ring (bicyclic) bond motifs is 1. The molecule has 0 aliphatic rings. The molecule has 2 aromatic heterocycles. The Bertz CT molecular complexity index is 1140. The van der Waals surface area contributed by atoms with Gasteiger partial charge in [0.05, 0.1) is 25.6 Å². The quantitative estimate of drug-likeness (QED) is 0.578. The van der Waals surface area contributed by atoms with Gasteiger partial charge in [0.25, 0.3) is 0 Å². The predicted octanol–water partition coefficient (Wildman–Crippen LogP) is 4.42. The summed E-state index contributed by atoms with van der Waals surface area (Å²) in [5.41, 5.74) is 0.691. The fourth-order valence-electron chi connectivity index (χ4n) is 2.79. The lowest BCUT2D eigenvalue weighted by Gasteiger charge is -2.18. The maximum absolute atomic E-state index is 13.1. The van der Waals surface area contributed by atoms with Crippen molar-refractivity contribution in [2.75, 3.05) is 14.2 Å². The number of hydrogen-bond acceptors (Lipinski definition) is 6. The number of hydrogen-bond donors (Lipinski definition) is 1. The molecule has 2 heterocycles. The lowest BCUT2D eigenvalue weighted by atomic mass is 10.1. The Hall–Kier alpha value is -3.08. The number of alkyl halides is 3. The fraction of sp³-hybridized carbons (Fsp3) is 0.350. The summed E-state index contributed by atoms with van der Waals surface area (Å²) in [6.45, 7) is 5.46. The molecular formula is C20H21F3N4O3S. The number of carbonyl (C=O) groups excluding carboxylic acids is 1. The number of halogens is 3. The molecule has 1 aromatic carbocycles. The molecule has 11 heteroatoms. The van der Waals surface area contributed by atoms with Crippen molar-refractivity contribution in [2.24, 2.45) is 0 Å². The van der Waals surface area contributed by atoms with Gasteiger partial charge in [-0.05, 0) is 45.0 Å². The molecule has 0 unspecified atom stereocenters. The highest BCUT2D eigenvalue weighted by atomic mass is 32.1. The maximum Gasteiger partial charge on any atom is 0.445 e. The van der Waals surface area contributed by atoms with Crippen molar-refractivity contribution in [1.82, 2.24) is 19.9 Å². The first kappa shape index (κ1) is 22.6. The van der Waals surface area contributed by atoms with Crippen LogP contribution in [0.4, 0.5) is 13.2 Å². The SMILES string of the molecule is COc1ccc(-c2nc3sc(C(F)(F)F)nn3c2/C=C/C(=O)NC(C)(C)C)cc1OC. The number of carbonyl (C=O) groups is 1. The minimum atomic E-state index is -4.60. The average Bonchev–Trinajstić information content (AvgIpc) is 3.22. The van der Waals surface area contributed by atoms with Crippen molar-refractivity contribution >= 4 is 28.3 Å². The molecule has 3 rings (SSSR count). The van der Waals surface area contributed by atoms with Crippen LogP contribution in [-0.4, -0.2) is 40.3 Å². The van der Waals surface area contributed by atoms with E-state index in [9.17, 15) is 18.0 Å². The van der Waals surface area contributed by atoms with Crippen LogP contribution in [0.3, 0.4) is 0 Å². The highest BCUT2D eigenvalue weighted by molar-refractivity contribution is 7.16. The van der Waals surface area contributed by atoms with Gasteiger partial charge in [-0.3, -0.25) is 4.79 Å². The Labute approximate surface area is 180 Å². The molecule has 0 spiro atoms. The van der Waals surface area contributed by atoms with Gasteiger partial charge in [0.15, 0.2) is 11.5 Å². The van der Waals surface area contributed by atoms with Gasteiger partial charge >= 0.3 is 6.18 Å². The van der Waals surface area contributed by atoms with Crippen LogP contribution in [0.2, 0.25) is 0 Å². The van der Waals surface area contributed by atoms with Crippen molar-refractivity contribution in [3.63, 3.8) is 0 Å². The van der Waals surface area contributed by atoms with E-state index in [0.29, 0.717) is 34.1 Å². The van der Waals surface area contributed by atoms with Crippen molar-refractivity contribution in [2.45, 2.75) is 32.5 Å². The van der Waals surface area contributed by atoms with Gasteiger partial charge in [0.2, 0.25) is 15.9 Å². The average molecular weight is 454 g/mol. The van der Waals surface area contributed by atoms with Gasteiger partial charge in [-0.25, -0.2) is 9.50 Å². The highest BCUT2D eigenvalue weighted by Gasteiger charge is 2.36. The van der Waals surface area contributed by atoms with Gasteiger partial charge in [-0.1, -0.05) is 11.3 Å². The first-order valence-electron chi connectivity index (χ1n) is 9.12. The van der Waals surface area contributed by atoms with E-state index in [-0.39, 0.29) is 10.7 Å². The number of ether oxygens (including phenoxy) is 2. The Morgan fingerprint density at radius 2 is 1.84 bits per heavy atom. The van der Waals surface area contributed by atoms with Gasteiger partial charge in [-0.15, -0.1) is 5.10 Å². The molecule has 1 N–H and O–H groups in total. The number of nitrogens with one attached hydrogen (secondary N) is 1. The normalized spacial score (nSPS) is 12.5. The summed E-state index contributed by atoms with van der Waals surface area (Å²) in [5.74, 6) is 0.527. The third-order valence-corrected chi connectivity index (χ3v) is 4.98. The van der Waals surface area contributed by atoms with Crippen LogP contribution in [0.1, 0.15) is 31.5 Å². The second-order valence-electron chi connectivity index (χ2n) is 7.59. The van der Waals surface area contributed by atoms with Crippen LogP contribution in [0.5, 0.6) is 11.5 Å². The smallest absolute Gasteiger partial charge is 0.445 e. The Kier molecular flexibility index (Phi) is 5.99. The third kappa shape index (κ3) is 4.98. The first-order valence-corrected chi connectivity index (χ1v) is 9.94. The molecule has 31 heavy (non-hydrogen) atoms. The first-order chi connectivity index (χ1) is 14.4. The van der Waals surface area contributed by atoms with Crippen LogP contribution in [0.15, 0.2) is 24.3 Å². The van der Waals surface area contributed by atoms with Crippen LogP contribution in [-0.2, 0) is 11.0 Å². The summed E-state index contributed by atoms with van der Waals surface area (Å²) in [6, 6.07) is 5.02. The number of aromatic nitrogens is 3. The summed E-state index contributed by atoms with van der Waals surface area (Å²) >= 11 is 0.421. The number of rotatable bonds is 5. The number of nitrogens with zero attached hydrogens (tertiary/aromatic N) is 3.